The second-order valence-corrected chi connectivity index (χ2v) is 6.61. The number of nitrogens with zero attached hydrogens (tertiary/aromatic N) is 1. The van der Waals surface area contributed by atoms with Gasteiger partial charge in [-0.15, -0.1) is 0 Å². The summed E-state index contributed by atoms with van der Waals surface area (Å²) in [6.45, 7) is 0.00481. The molecule has 33 heavy (non-hydrogen) atoms. The zero-order valence-electron chi connectivity index (χ0n) is 18.0. The van der Waals surface area contributed by atoms with Crippen LogP contribution in [0.3, 0.4) is 0 Å². The predicted molar refractivity (Wildman–Crippen MR) is 120 cm³/mol. The van der Waals surface area contributed by atoms with Crippen molar-refractivity contribution < 1.29 is 28.3 Å². The highest BCUT2D eigenvalue weighted by molar-refractivity contribution is 6.39. The van der Waals surface area contributed by atoms with Crippen LogP contribution in [-0.4, -0.2) is 38.2 Å². The molecule has 1 heterocycles. The summed E-state index contributed by atoms with van der Waals surface area (Å²) < 4.78 is 15.8. The zero-order valence-corrected chi connectivity index (χ0v) is 18.0. The van der Waals surface area contributed by atoms with Crippen molar-refractivity contribution in [3.63, 3.8) is 0 Å². The maximum atomic E-state index is 12.3. The van der Waals surface area contributed by atoms with E-state index in [1.165, 1.54) is 20.4 Å². The lowest BCUT2D eigenvalue weighted by Gasteiger charge is -2.07. The van der Waals surface area contributed by atoms with Gasteiger partial charge in [0.25, 0.3) is 5.91 Å². The van der Waals surface area contributed by atoms with Crippen LogP contribution < -0.4 is 25.5 Å². The molecule has 0 unspecified atom stereocenters. The van der Waals surface area contributed by atoms with Gasteiger partial charge in [0.15, 0.2) is 0 Å². The second kappa shape index (κ2) is 11.1. The largest absolute Gasteiger partial charge is 0.497 e. The van der Waals surface area contributed by atoms with E-state index in [9.17, 15) is 14.4 Å². The number of hydrazone groups is 1. The number of furan rings is 1. The number of benzene rings is 2. The van der Waals surface area contributed by atoms with E-state index < -0.39 is 17.7 Å². The molecule has 10 heteroatoms. The molecule has 3 aromatic rings. The molecule has 1 aromatic heterocycles. The number of hydrogen-bond donors (Lipinski definition) is 3. The molecule has 3 amide bonds. The topological polar surface area (TPSA) is 131 Å². The molecule has 10 nitrogen and oxygen atoms in total. The minimum atomic E-state index is -0.800. The summed E-state index contributed by atoms with van der Waals surface area (Å²) in [5.74, 6) is -0.361. The number of rotatable bonds is 8. The monoisotopic (exact) mass is 450 g/mol. The van der Waals surface area contributed by atoms with Gasteiger partial charge in [-0.3, -0.25) is 14.4 Å². The van der Waals surface area contributed by atoms with Crippen LogP contribution in [-0.2, 0) is 16.1 Å². The number of nitrogens with one attached hydrogen (secondary N) is 3. The number of carbonyl (C=O) groups is 3. The van der Waals surface area contributed by atoms with E-state index in [0.29, 0.717) is 34.3 Å². The van der Waals surface area contributed by atoms with E-state index in [-0.39, 0.29) is 6.54 Å². The molecule has 170 valence electrons. The van der Waals surface area contributed by atoms with Crippen LogP contribution in [0.4, 0.5) is 5.69 Å². The van der Waals surface area contributed by atoms with Gasteiger partial charge in [0.2, 0.25) is 0 Å². The highest BCUT2D eigenvalue weighted by Gasteiger charge is 2.14. The van der Waals surface area contributed by atoms with Gasteiger partial charge in [-0.2, -0.15) is 5.10 Å². The molecule has 2 aromatic carbocycles. The van der Waals surface area contributed by atoms with Gasteiger partial charge in [-0.05, 0) is 36.4 Å². The highest BCUT2D eigenvalue weighted by atomic mass is 16.5. The Morgan fingerprint density at radius 2 is 1.64 bits per heavy atom. The van der Waals surface area contributed by atoms with E-state index in [1.54, 1.807) is 60.7 Å². The fraction of sp³-hybridized carbons (Fsp3) is 0.130. The van der Waals surface area contributed by atoms with Gasteiger partial charge in [-0.1, -0.05) is 18.2 Å². The Morgan fingerprint density at radius 3 is 2.30 bits per heavy atom. The fourth-order valence-electron chi connectivity index (χ4n) is 2.67. The van der Waals surface area contributed by atoms with Gasteiger partial charge >= 0.3 is 11.8 Å². The van der Waals surface area contributed by atoms with Crippen LogP contribution in [0.15, 0.2) is 70.2 Å². The number of ether oxygens (including phenoxy) is 2. The first kappa shape index (κ1) is 23.1. The molecule has 0 saturated heterocycles. The normalized spacial score (nSPS) is 10.5. The van der Waals surface area contributed by atoms with Gasteiger partial charge < -0.3 is 24.5 Å². The maximum Gasteiger partial charge on any atom is 0.313 e. The van der Waals surface area contributed by atoms with Crippen molar-refractivity contribution in [3.05, 3.63) is 77.7 Å². The SMILES string of the molecule is COc1cc(OC)cc(C(=O)N/N=C\c2ccc(CNC(=O)C(=O)Nc3ccccc3)o2)c1. The van der Waals surface area contributed by atoms with Crippen molar-refractivity contribution >= 4 is 29.6 Å². The summed E-state index contributed by atoms with van der Waals surface area (Å²) in [4.78, 5) is 36.2. The average Bonchev–Trinajstić information content (AvgIpc) is 3.30. The minimum Gasteiger partial charge on any atom is -0.497 e. The molecule has 0 radical (unpaired) electrons. The van der Waals surface area contributed by atoms with Crippen LogP contribution in [0.25, 0.3) is 0 Å². The molecule has 0 bridgehead atoms. The fourth-order valence-corrected chi connectivity index (χ4v) is 2.67. The van der Waals surface area contributed by atoms with E-state index in [4.69, 9.17) is 13.9 Å². The van der Waals surface area contributed by atoms with Crippen molar-refractivity contribution in [2.45, 2.75) is 6.54 Å². The van der Waals surface area contributed by atoms with Crippen LogP contribution in [0.5, 0.6) is 11.5 Å². The summed E-state index contributed by atoms with van der Waals surface area (Å²) in [6.07, 6.45) is 1.31. The molecule has 0 aliphatic heterocycles. The molecular weight excluding hydrogens is 428 g/mol. The standard InChI is InChI=1S/C23H22N4O6/c1-31-19-10-15(11-20(12-19)32-2)21(28)27-25-14-18-9-8-17(33-18)13-24-22(29)23(30)26-16-6-4-3-5-7-16/h3-12,14H,13H2,1-2H3,(H,24,29)(H,26,30)(H,27,28)/b25-14-. The second-order valence-electron chi connectivity index (χ2n) is 6.61. The third-order valence-electron chi connectivity index (χ3n) is 4.32. The number of carbonyl (C=O) groups excluding carboxylic acids is 3. The summed E-state index contributed by atoms with van der Waals surface area (Å²) in [5.41, 5.74) is 3.21. The Bertz CT molecular complexity index is 1130. The molecule has 0 spiro atoms. The third-order valence-corrected chi connectivity index (χ3v) is 4.32. The van der Waals surface area contributed by atoms with Crippen LogP contribution in [0.1, 0.15) is 21.9 Å². The summed E-state index contributed by atoms with van der Waals surface area (Å²) >= 11 is 0. The smallest absolute Gasteiger partial charge is 0.313 e. The van der Waals surface area contributed by atoms with Crippen molar-refractivity contribution in [1.82, 2.24) is 10.7 Å². The zero-order chi connectivity index (χ0) is 23.6. The minimum absolute atomic E-state index is 0.00481. The van der Waals surface area contributed by atoms with Gasteiger partial charge in [0.1, 0.15) is 23.0 Å². The summed E-state index contributed by atoms with van der Waals surface area (Å²) in [7, 11) is 2.97. The Labute approximate surface area is 189 Å². The predicted octanol–water partition coefficient (Wildman–Crippen LogP) is 2.32. The van der Waals surface area contributed by atoms with Crippen molar-refractivity contribution in [1.29, 1.82) is 0 Å². The molecule has 0 fully saturated rings. The number of anilines is 1. The van der Waals surface area contributed by atoms with E-state index >= 15 is 0 Å². The van der Waals surface area contributed by atoms with Gasteiger partial charge in [-0.25, -0.2) is 5.43 Å². The van der Waals surface area contributed by atoms with Gasteiger partial charge in [0.05, 0.1) is 27.0 Å². The first-order valence-corrected chi connectivity index (χ1v) is 9.78. The lowest BCUT2D eigenvalue weighted by Crippen LogP contribution is -2.34. The van der Waals surface area contributed by atoms with Crippen LogP contribution >= 0.6 is 0 Å². The lowest BCUT2D eigenvalue weighted by molar-refractivity contribution is -0.136. The quantitative estimate of drug-likeness (QED) is 0.274. The van der Waals surface area contributed by atoms with Crippen LogP contribution in [0, 0.1) is 0 Å². The Hall–Kier alpha value is -4.60. The van der Waals surface area contributed by atoms with Crippen molar-refractivity contribution in [2.75, 3.05) is 19.5 Å². The Morgan fingerprint density at radius 1 is 0.939 bits per heavy atom. The van der Waals surface area contributed by atoms with E-state index in [0.717, 1.165) is 0 Å². The van der Waals surface area contributed by atoms with E-state index in [2.05, 4.69) is 21.2 Å². The number of methoxy groups -OCH3 is 2. The average molecular weight is 450 g/mol. The molecule has 0 atom stereocenters. The Balaban J connectivity index is 1.49. The number of hydrogen-bond acceptors (Lipinski definition) is 7. The van der Waals surface area contributed by atoms with Gasteiger partial charge in [0, 0.05) is 17.3 Å². The molecule has 3 rings (SSSR count). The summed E-state index contributed by atoms with van der Waals surface area (Å²) in [6, 6.07) is 16.6. The molecule has 0 aliphatic carbocycles. The molecule has 3 N–H and O–H groups in total. The maximum absolute atomic E-state index is 12.3. The lowest BCUT2D eigenvalue weighted by atomic mass is 10.2. The van der Waals surface area contributed by atoms with Crippen molar-refractivity contribution in [3.8, 4) is 11.5 Å². The van der Waals surface area contributed by atoms with Crippen LogP contribution in [0.2, 0.25) is 0 Å². The summed E-state index contributed by atoms with van der Waals surface area (Å²) in [5, 5.41) is 8.82. The van der Waals surface area contributed by atoms with E-state index in [1.807, 2.05) is 0 Å². The highest BCUT2D eigenvalue weighted by Crippen LogP contribution is 2.22. The first-order chi connectivity index (χ1) is 16.0. The first-order valence-electron chi connectivity index (χ1n) is 9.78. The number of para-hydroxylation sites is 1. The third kappa shape index (κ3) is 6.69. The molecule has 0 saturated carbocycles. The molecular formula is C23H22N4O6. The Kier molecular flexibility index (Phi) is 7.79. The van der Waals surface area contributed by atoms with Crippen molar-refractivity contribution in [2.24, 2.45) is 5.10 Å². The number of amides is 3. The molecule has 0 aliphatic rings.